The molecule has 0 aliphatic carbocycles. The second-order valence-corrected chi connectivity index (χ2v) is 6.61. The van der Waals surface area contributed by atoms with E-state index in [1.807, 2.05) is 0 Å². The Bertz CT molecular complexity index is 247. The lowest BCUT2D eigenvalue weighted by atomic mass is 10.1. The molecule has 0 aromatic heterocycles. The van der Waals surface area contributed by atoms with Crippen LogP contribution in [0.3, 0.4) is 0 Å². The summed E-state index contributed by atoms with van der Waals surface area (Å²) in [6, 6.07) is 0. The molecule has 1 amide bonds. The van der Waals surface area contributed by atoms with Gasteiger partial charge < -0.3 is 15.3 Å². The van der Waals surface area contributed by atoms with Crippen LogP contribution in [0.1, 0.15) is 26.7 Å². The van der Waals surface area contributed by atoms with E-state index in [0.29, 0.717) is 17.5 Å². The first-order valence-electron chi connectivity index (χ1n) is 6.17. The summed E-state index contributed by atoms with van der Waals surface area (Å²) < 4.78 is 0. The number of hydrogen-bond donors (Lipinski definition) is 2. The molecule has 1 aliphatic heterocycles. The Hall–Kier alpha value is -0.260. The van der Waals surface area contributed by atoms with Gasteiger partial charge in [0.25, 0.3) is 0 Å². The van der Waals surface area contributed by atoms with E-state index in [9.17, 15) is 9.90 Å². The number of carbonyl (C=O) groups is 1. The minimum atomic E-state index is -0.816. The number of hydrogen-bond acceptors (Lipinski definition) is 4. The van der Waals surface area contributed by atoms with Gasteiger partial charge in [-0.05, 0) is 39.8 Å². The lowest BCUT2D eigenvalue weighted by Gasteiger charge is -2.27. The van der Waals surface area contributed by atoms with E-state index in [1.165, 1.54) is 0 Å². The standard InChI is InChI=1S/C12H24N2O2S/c1-12(2,16)9-14(3)11(15)8-17-10-4-6-13-7-5-10/h10,13,16H,4-9H2,1-3H3. The average Bonchev–Trinajstić information content (AvgIpc) is 2.25. The fourth-order valence-electron chi connectivity index (χ4n) is 1.93. The van der Waals surface area contributed by atoms with E-state index in [-0.39, 0.29) is 5.91 Å². The maximum atomic E-state index is 11.8. The van der Waals surface area contributed by atoms with Gasteiger partial charge in [-0.3, -0.25) is 4.79 Å². The van der Waals surface area contributed by atoms with Crippen molar-refractivity contribution in [3.05, 3.63) is 0 Å². The van der Waals surface area contributed by atoms with Gasteiger partial charge >= 0.3 is 0 Å². The van der Waals surface area contributed by atoms with E-state index in [2.05, 4.69) is 5.32 Å². The molecule has 4 nitrogen and oxygen atoms in total. The van der Waals surface area contributed by atoms with Crippen molar-refractivity contribution in [1.82, 2.24) is 10.2 Å². The smallest absolute Gasteiger partial charge is 0.232 e. The minimum absolute atomic E-state index is 0.107. The van der Waals surface area contributed by atoms with Crippen LogP contribution in [0.5, 0.6) is 0 Å². The number of piperidine rings is 1. The number of nitrogens with one attached hydrogen (secondary N) is 1. The molecule has 100 valence electrons. The largest absolute Gasteiger partial charge is 0.389 e. The van der Waals surface area contributed by atoms with E-state index >= 15 is 0 Å². The molecule has 0 spiro atoms. The fourth-order valence-corrected chi connectivity index (χ4v) is 3.10. The van der Waals surface area contributed by atoms with Gasteiger partial charge in [-0.1, -0.05) is 0 Å². The van der Waals surface area contributed by atoms with E-state index in [4.69, 9.17) is 0 Å². The van der Waals surface area contributed by atoms with Crippen molar-refractivity contribution in [1.29, 1.82) is 0 Å². The first kappa shape index (κ1) is 14.8. The van der Waals surface area contributed by atoms with Gasteiger partial charge in [0.2, 0.25) is 5.91 Å². The maximum Gasteiger partial charge on any atom is 0.232 e. The zero-order valence-electron chi connectivity index (χ0n) is 11.0. The highest BCUT2D eigenvalue weighted by atomic mass is 32.2. The van der Waals surface area contributed by atoms with Gasteiger partial charge in [-0.15, -0.1) is 11.8 Å². The summed E-state index contributed by atoms with van der Waals surface area (Å²) >= 11 is 1.75. The van der Waals surface area contributed by atoms with Crippen molar-refractivity contribution in [2.75, 3.05) is 32.4 Å². The number of aliphatic hydroxyl groups is 1. The van der Waals surface area contributed by atoms with E-state index in [0.717, 1.165) is 25.9 Å². The predicted molar refractivity (Wildman–Crippen MR) is 72.3 cm³/mol. The summed E-state index contributed by atoms with van der Waals surface area (Å²) in [5.74, 6) is 0.632. The molecule has 0 radical (unpaired) electrons. The van der Waals surface area contributed by atoms with Crippen molar-refractivity contribution in [2.45, 2.75) is 37.5 Å². The maximum absolute atomic E-state index is 11.8. The topological polar surface area (TPSA) is 52.6 Å². The lowest BCUT2D eigenvalue weighted by Crippen LogP contribution is -2.40. The lowest BCUT2D eigenvalue weighted by molar-refractivity contribution is -0.129. The Kier molecular flexibility index (Phi) is 5.76. The van der Waals surface area contributed by atoms with Crippen LogP contribution in [0.2, 0.25) is 0 Å². The number of likely N-dealkylation sites (N-methyl/N-ethyl adjacent to an activating group) is 1. The monoisotopic (exact) mass is 260 g/mol. The summed E-state index contributed by atoms with van der Waals surface area (Å²) in [5, 5.41) is 13.6. The molecule has 17 heavy (non-hydrogen) atoms. The Balaban J connectivity index is 2.23. The summed E-state index contributed by atoms with van der Waals surface area (Å²) in [5.41, 5.74) is -0.816. The highest BCUT2D eigenvalue weighted by Gasteiger charge is 2.21. The molecular weight excluding hydrogens is 236 g/mol. The average molecular weight is 260 g/mol. The van der Waals surface area contributed by atoms with Crippen LogP contribution in [0.15, 0.2) is 0 Å². The molecule has 0 unspecified atom stereocenters. The molecule has 1 aliphatic rings. The zero-order valence-corrected chi connectivity index (χ0v) is 11.8. The predicted octanol–water partition coefficient (Wildman–Crippen LogP) is 0.701. The van der Waals surface area contributed by atoms with Crippen LogP contribution in [0.25, 0.3) is 0 Å². The first-order chi connectivity index (χ1) is 7.88. The number of carbonyl (C=O) groups excluding carboxylic acids is 1. The summed E-state index contributed by atoms with van der Waals surface area (Å²) in [4.78, 5) is 13.5. The molecule has 1 fully saturated rings. The highest BCUT2D eigenvalue weighted by molar-refractivity contribution is 8.00. The third-order valence-corrected chi connectivity index (χ3v) is 4.13. The van der Waals surface area contributed by atoms with Gasteiger partial charge in [0.05, 0.1) is 11.4 Å². The van der Waals surface area contributed by atoms with E-state index in [1.54, 1.807) is 37.6 Å². The van der Waals surface area contributed by atoms with Crippen LogP contribution in [-0.4, -0.2) is 59.2 Å². The van der Waals surface area contributed by atoms with Gasteiger partial charge in [0.1, 0.15) is 0 Å². The Labute approximate surface area is 108 Å². The fraction of sp³-hybridized carbons (Fsp3) is 0.917. The molecule has 1 rings (SSSR count). The molecule has 0 aromatic carbocycles. The minimum Gasteiger partial charge on any atom is -0.389 e. The SMILES string of the molecule is CN(CC(C)(C)O)C(=O)CSC1CCNCC1. The molecule has 0 bridgehead atoms. The Morgan fingerprint density at radius 3 is 2.59 bits per heavy atom. The van der Waals surface area contributed by atoms with Gasteiger partial charge in [0, 0.05) is 18.8 Å². The van der Waals surface area contributed by atoms with Gasteiger partial charge in [-0.25, -0.2) is 0 Å². The van der Waals surface area contributed by atoms with Crippen LogP contribution < -0.4 is 5.32 Å². The third-order valence-electron chi connectivity index (χ3n) is 2.78. The van der Waals surface area contributed by atoms with Crippen LogP contribution >= 0.6 is 11.8 Å². The highest BCUT2D eigenvalue weighted by Crippen LogP contribution is 2.20. The second-order valence-electron chi connectivity index (χ2n) is 5.32. The van der Waals surface area contributed by atoms with Crippen molar-refractivity contribution in [3.8, 4) is 0 Å². The quantitative estimate of drug-likeness (QED) is 0.764. The summed E-state index contributed by atoms with van der Waals surface area (Å²) in [7, 11) is 1.75. The molecule has 5 heteroatoms. The van der Waals surface area contributed by atoms with Crippen molar-refractivity contribution in [3.63, 3.8) is 0 Å². The number of thioether (sulfide) groups is 1. The molecule has 2 N–H and O–H groups in total. The Morgan fingerprint density at radius 2 is 2.06 bits per heavy atom. The second kappa shape index (κ2) is 6.61. The van der Waals surface area contributed by atoms with Crippen molar-refractivity contribution in [2.24, 2.45) is 0 Å². The van der Waals surface area contributed by atoms with Crippen LogP contribution in [0, 0.1) is 0 Å². The van der Waals surface area contributed by atoms with E-state index < -0.39 is 5.60 Å². The molecular formula is C12H24N2O2S. The van der Waals surface area contributed by atoms with Gasteiger partial charge in [0.15, 0.2) is 0 Å². The zero-order chi connectivity index (χ0) is 12.9. The van der Waals surface area contributed by atoms with Crippen molar-refractivity contribution >= 4 is 17.7 Å². The number of amides is 1. The summed E-state index contributed by atoms with van der Waals surface area (Å²) in [6.07, 6.45) is 2.29. The molecule has 1 saturated heterocycles. The first-order valence-corrected chi connectivity index (χ1v) is 7.22. The number of nitrogens with zero attached hydrogens (tertiary/aromatic N) is 1. The molecule has 0 saturated carbocycles. The Morgan fingerprint density at radius 1 is 1.47 bits per heavy atom. The van der Waals surface area contributed by atoms with Crippen LogP contribution in [0.4, 0.5) is 0 Å². The van der Waals surface area contributed by atoms with Crippen molar-refractivity contribution < 1.29 is 9.90 Å². The third kappa shape index (κ3) is 6.29. The normalized spacial score (nSPS) is 18.1. The molecule has 0 aromatic rings. The van der Waals surface area contributed by atoms with Crippen LogP contribution in [-0.2, 0) is 4.79 Å². The number of rotatable bonds is 5. The summed E-state index contributed by atoms with van der Waals surface area (Å²) in [6.45, 7) is 5.95. The molecule has 0 atom stereocenters. The van der Waals surface area contributed by atoms with Gasteiger partial charge in [-0.2, -0.15) is 0 Å². The molecule has 1 heterocycles.